The molecular formula is C15H30N2. The number of hydrogen-bond acceptors (Lipinski definition) is 2. The fourth-order valence-corrected chi connectivity index (χ4v) is 3.21. The van der Waals surface area contributed by atoms with E-state index in [2.05, 4.69) is 5.32 Å². The van der Waals surface area contributed by atoms with Crippen LogP contribution < -0.4 is 11.1 Å². The minimum Gasteiger partial charge on any atom is -0.329 e. The summed E-state index contributed by atoms with van der Waals surface area (Å²) >= 11 is 0. The second-order valence-corrected chi connectivity index (χ2v) is 6.13. The molecule has 2 aliphatic rings. The maximum Gasteiger partial charge on any atom is 0.0218 e. The molecule has 0 aromatic heterocycles. The average Bonchev–Trinajstić information content (AvgIpc) is 3.09. The lowest BCUT2D eigenvalue weighted by Gasteiger charge is -2.28. The summed E-state index contributed by atoms with van der Waals surface area (Å²) in [5.74, 6) is 1.89. The molecule has 2 rings (SSSR count). The topological polar surface area (TPSA) is 38.0 Å². The summed E-state index contributed by atoms with van der Waals surface area (Å²) in [6.45, 7) is 2.03. The van der Waals surface area contributed by atoms with Gasteiger partial charge in [-0.3, -0.25) is 0 Å². The third kappa shape index (κ3) is 4.97. The number of nitrogens with one attached hydrogen (secondary N) is 1. The molecule has 0 aromatic carbocycles. The Morgan fingerprint density at radius 2 is 1.59 bits per heavy atom. The molecule has 0 heterocycles. The monoisotopic (exact) mass is 238 g/mol. The van der Waals surface area contributed by atoms with Crippen LogP contribution in [0.3, 0.4) is 0 Å². The summed E-state index contributed by atoms with van der Waals surface area (Å²) in [5, 5.41) is 3.73. The van der Waals surface area contributed by atoms with Gasteiger partial charge in [-0.15, -0.1) is 0 Å². The summed E-state index contributed by atoms with van der Waals surface area (Å²) in [6.07, 6.45) is 14.3. The molecule has 0 bridgehead atoms. The van der Waals surface area contributed by atoms with Crippen LogP contribution in [0.15, 0.2) is 0 Å². The van der Waals surface area contributed by atoms with Crippen LogP contribution in [0.2, 0.25) is 0 Å². The van der Waals surface area contributed by atoms with E-state index in [0.717, 1.165) is 18.4 Å². The molecule has 0 amide bonds. The Bertz CT molecular complexity index is 193. The van der Waals surface area contributed by atoms with Crippen molar-refractivity contribution in [3.63, 3.8) is 0 Å². The van der Waals surface area contributed by atoms with E-state index in [0.29, 0.717) is 6.04 Å². The first kappa shape index (κ1) is 13.4. The molecule has 0 saturated heterocycles. The Labute approximate surface area is 107 Å². The SMILES string of the molecule is NCC(NCCC1CC1)C1CCCCCCC1. The second kappa shape index (κ2) is 7.38. The molecule has 2 nitrogen and oxygen atoms in total. The van der Waals surface area contributed by atoms with Crippen LogP contribution in [-0.4, -0.2) is 19.1 Å². The normalized spacial score (nSPS) is 25.2. The standard InChI is InChI=1S/C15H30N2/c16-12-15(17-11-10-13-8-9-13)14-6-4-2-1-3-5-7-14/h13-15,17H,1-12,16H2. The molecule has 100 valence electrons. The molecule has 0 aromatic rings. The third-order valence-corrected chi connectivity index (χ3v) is 4.63. The maximum atomic E-state index is 5.96. The van der Waals surface area contributed by atoms with E-state index in [1.807, 2.05) is 0 Å². The van der Waals surface area contributed by atoms with Gasteiger partial charge in [0.2, 0.25) is 0 Å². The van der Waals surface area contributed by atoms with Crippen molar-refractivity contribution in [3.8, 4) is 0 Å². The zero-order chi connectivity index (χ0) is 11.9. The highest BCUT2D eigenvalue weighted by Crippen LogP contribution is 2.32. The molecule has 0 radical (unpaired) electrons. The lowest BCUT2D eigenvalue weighted by molar-refractivity contribution is 0.287. The van der Waals surface area contributed by atoms with Gasteiger partial charge in [0.1, 0.15) is 0 Å². The lowest BCUT2D eigenvalue weighted by Crippen LogP contribution is -2.43. The number of rotatable bonds is 6. The van der Waals surface area contributed by atoms with E-state index in [1.165, 1.54) is 70.8 Å². The maximum absolute atomic E-state index is 5.96. The fourth-order valence-electron chi connectivity index (χ4n) is 3.21. The predicted octanol–water partition coefficient (Wildman–Crippen LogP) is 3.06. The van der Waals surface area contributed by atoms with Crippen LogP contribution in [0.1, 0.15) is 64.2 Å². The summed E-state index contributed by atoms with van der Waals surface area (Å²) in [5.41, 5.74) is 5.96. The Morgan fingerprint density at radius 3 is 2.18 bits per heavy atom. The van der Waals surface area contributed by atoms with E-state index < -0.39 is 0 Å². The zero-order valence-electron chi connectivity index (χ0n) is 11.3. The Kier molecular flexibility index (Phi) is 5.79. The van der Waals surface area contributed by atoms with Gasteiger partial charge in [0.25, 0.3) is 0 Å². The van der Waals surface area contributed by atoms with Gasteiger partial charge in [0.05, 0.1) is 0 Å². The van der Waals surface area contributed by atoms with E-state index >= 15 is 0 Å². The smallest absolute Gasteiger partial charge is 0.0218 e. The summed E-state index contributed by atoms with van der Waals surface area (Å²) < 4.78 is 0. The van der Waals surface area contributed by atoms with Gasteiger partial charge >= 0.3 is 0 Å². The molecule has 2 aliphatic carbocycles. The largest absolute Gasteiger partial charge is 0.329 e. The molecule has 2 heteroatoms. The van der Waals surface area contributed by atoms with Gasteiger partial charge in [0, 0.05) is 12.6 Å². The highest BCUT2D eigenvalue weighted by molar-refractivity contribution is 4.80. The molecule has 2 fully saturated rings. The minimum absolute atomic E-state index is 0.590. The van der Waals surface area contributed by atoms with Gasteiger partial charge in [-0.05, 0) is 37.6 Å². The molecule has 1 unspecified atom stereocenters. The van der Waals surface area contributed by atoms with E-state index in [9.17, 15) is 0 Å². The minimum atomic E-state index is 0.590. The van der Waals surface area contributed by atoms with Crippen molar-refractivity contribution in [2.24, 2.45) is 17.6 Å². The third-order valence-electron chi connectivity index (χ3n) is 4.63. The lowest BCUT2D eigenvalue weighted by atomic mass is 9.86. The van der Waals surface area contributed by atoms with Gasteiger partial charge in [0.15, 0.2) is 0 Å². The van der Waals surface area contributed by atoms with Crippen LogP contribution >= 0.6 is 0 Å². The Balaban J connectivity index is 1.69. The molecule has 17 heavy (non-hydrogen) atoms. The molecular weight excluding hydrogens is 208 g/mol. The second-order valence-electron chi connectivity index (χ2n) is 6.13. The summed E-state index contributed by atoms with van der Waals surface area (Å²) in [4.78, 5) is 0. The van der Waals surface area contributed by atoms with Gasteiger partial charge in [-0.1, -0.05) is 44.9 Å². The van der Waals surface area contributed by atoms with Crippen LogP contribution in [0.25, 0.3) is 0 Å². The van der Waals surface area contributed by atoms with Crippen molar-refractivity contribution < 1.29 is 0 Å². The number of hydrogen-bond donors (Lipinski definition) is 2. The van der Waals surface area contributed by atoms with E-state index in [-0.39, 0.29) is 0 Å². The van der Waals surface area contributed by atoms with Gasteiger partial charge in [-0.25, -0.2) is 0 Å². The molecule has 1 atom stereocenters. The van der Waals surface area contributed by atoms with Crippen LogP contribution in [0.5, 0.6) is 0 Å². The highest BCUT2D eigenvalue weighted by atomic mass is 14.9. The summed E-state index contributed by atoms with van der Waals surface area (Å²) in [7, 11) is 0. The fraction of sp³-hybridized carbons (Fsp3) is 1.00. The number of nitrogens with two attached hydrogens (primary N) is 1. The van der Waals surface area contributed by atoms with Gasteiger partial charge < -0.3 is 11.1 Å². The van der Waals surface area contributed by atoms with Gasteiger partial charge in [-0.2, -0.15) is 0 Å². The van der Waals surface area contributed by atoms with E-state index in [1.54, 1.807) is 0 Å². The zero-order valence-corrected chi connectivity index (χ0v) is 11.3. The average molecular weight is 238 g/mol. The Hall–Kier alpha value is -0.0800. The van der Waals surface area contributed by atoms with Crippen molar-refractivity contribution in [3.05, 3.63) is 0 Å². The first-order valence-electron chi connectivity index (χ1n) is 7.83. The van der Waals surface area contributed by atoms with Crippen LogP contribution in [0, 0.1) is 11.8 Å². The molecule has 2 saturated carbocycles. The van der Waals surface area contributed by atoms with Crippen molar-refractivity contribution in [2.45, 2.75) is 70.3 Å². The molecule has 0 aliphatic heterocycles. The van der Waals surface area contributed by atoms with Crippen LogP contribution in [-0.2, 0) is 0 Å². The molecule has 3 N–H and O–H groups in total. The summed E-state index contributed by atoms with van der Waals surface area (Å²) in [6, 6.07) is 0.590. The van der Waals surface area contributed by atoms with Crippen LogP contribution in [0.4, 0.5) is 0 Å². The van der Waals surface area contributed by atoms with Crippen molar-refractivity contribution in [1.82, 2.24) is 5.32 Å². The first-order valence-corrected chi connectivity index (χ1v) is 7.83. The first-order chi connectivity index (χ1) is 8.40. The quantitative estimate of drug-likeness (QED) is 0.746. The predicted molar refractivity (Wildman–Crippen MR) is 74.0 cm³/mol. The van der Waals surface area contributed by atoms with E-state index in [4.69, 9.17) is 5.73 Å². The molecule has 0 spiro atoms. The highest BCUT2D eigenvalue weighted by Gasteiger charge is 2.23. The van der Waals surface area contributed by atoms with Crippen molar-refractivity contribution in [1.29, 1.82) is 0 Å². The van der Waals surface area contributed by atoms with Crippen molar-refractivity contribution >= 4 is 0 Å². The van der Waals surface area contributed by atoms with Crippen molar-refractivity contribution in [2.75, 3.05) is 13.1 Å². The Morgan fingerprint density at radius 1 is 0.941 bits per heavy atom.